The van der Waals surface area contributed by atoms with Crippen LogP contribution in [0.5, 0.6) is 0 Å². The van der Waals surface area contributed by atoms with Gasteiger partial charge in [0.2, 0.25) is 0 Å². The van der Waals surface area contributed by atoms with Crippen molar-refractivity contribution >= 4 is 23.4 Å². The number of carbonyl (C=O) groups excluding carboxylic acids is 1. The van der Waals surface area contributed by atoms with Crippen molar-refractivity contribution in [3.8, 4) is 0 Å². The van der Waals surface area contributed by atoms with Crippen molar-refractivity contribution in [2.24, 2.45) is 0 Å². The van der Waals surface area contributed by atoms with Crippen LogP contribution in [0.25, 0.3) is 0 Å². The third-order valence-corrected chi connectivity index (χ3v) is 4.47. The van der Waals surface area contributed by atoms with E-state index in [1.165, 1.54) is 12.4 Å². The number of hydrogen-bond acceptors (Lipinski definition) is 8. The minimum atomic E-state index is -0.0935. The molecule has 1 N–H and O–H groups in total. The van der Waals surface area contributed by atoms with Crippen LogP contribution in [0.4, 0.5) is 17.5 Å². The van der Waals surface area contributed by atoms with Gasteiger partial charge in [-0.1, -0.05) is 6.07 Å². The van der Waals surface area contributed by atoms with Crippen LogP contribution in [0.15, 0.2) is 48.9 Å². The number of nitrogens with zero attached hydrogens (tertiary/aromatic N) is 7. The van der Waals surface area contributed by atoms with Gasteiger partial charge < -0.3 is 15.1 Å². The van der Waals surface area contributed by atoms with Gasteiger partial charge in [0.25, 0.3) is 5.91 Å². The molecule has 3 aromatic rings. The predicted molar refractivity (Wildman–Crippen MR) is 104 cm³/mol. The molecule has 142 valence electrons. The number of hydrogen-bond donors (Lipinski definition) is 1. The lowest BCUT2D eigenvalue weighted by Crippen LogP contribution is -2.49. The summed E-state index contributed by atoms with van der Waals surface area (Å²) in [7, 11) is 0. The first kappa shape index (κ1) is 17.8. The van der Waals surface area contributed by atoms with Crippen LogP contribution in [-0.2, 0) is 0 Å². The zero-order valence-electron chi connectivity index (χ0n) is 15.5. The molecule has 1 fully saturated rings. The van der Waals surface area contributed by atoms with E-state index in [2.05, 4.69) is 35.4 Å². The lowest BCUT2D eigenvalue weighted by Gasteiger charge is -2.34. The molecule has 0 spiro atoms. The van der Waals surface area contributed by atoms with Crippen LogP contribution in [0.1, 0.15) is 16.2 Å². The Morgan fingerprint density at radius 3 is 2.54 bits per heavy atom. The average Bonchev–Trinajstić information content (AvgIpc) is 2.75. The van der Waals surface area contributed by atoms with Gasteiger partial charge in [-0.05, 0) is 31.2 Å². The molecule has 0 unspecified atom stereocenters. The molecule has 0 bridgehead atoms. The van der Waals surface area contributed by atoms with Crippen molar-refractivity contribution in [3.63, 3.8) is 0 Å². The molecule has 1 aliphatic heterocycles. The predicted octanol–water partition coefficient (Wildman–Crippen LogP) is 1.68. The Morgan fingerprint density at radius 1 is 1.00 bits per heavy atom. The quantitative estimate of drug-likeness (QED) is 0.734. The second kappa shape index (κ2) is 7.95. The van der Waals surface area contributed by atoms with Crippen molar-refractivity contribution in [2.45, 2.75) is 6.92 Å². The van der Waals surface area contributed by atoms with Gasteiger partial charge in [-0.25, -0.2) is 9.97 Å². The minimum Gasteiger partial charge on any atom is -0.352 e. The van der Waals surface area contributed by atoms with E-state index in [0.717, 1.165) is 17.3 Å². The van der Waals surface area contributed by atoms with Crippen molar-refractivity contribution in [1.29, 1.82) is 0 Å². The maximum absolute atomic E-state index is 12.4. The average molecular weight is 376 g/mol. The van der Waals surface area contributed by atoms with Gasteiger partial charge in [-0.15, -0.1) is 10.2 Å². The molecule has 1 aliphatic rings. The highest BCUT2D eigenvalue weighted by Gasteiger charge is 2.23. The first-order chi connectivity index (χ1) is 13.7. The Labute approximate surface area is 162 Å². The number of carbonyl (C=O) groups is 1. The number of rotatable bonds is 4. The molecule has 1 amide bonds. The first-order valence-corrected chi connectivity index (χ1v) is 9.04. The summed E-state index contributed by atoms with van der Waals surface area (Å²) >= 11 is 0. The normalized spacial score (nSPS) is 14.0. The minimum absolute atomic E-state index is 0.0935. The Bertz CT molecular complexity index is 940. The Morgan fingerprint density at radius 2 is 1.86 bits per heavy atom. The summed E-state index contributed by atoms with van der Waals surface area (Å²) in [6, 6.07) is 9.56. The van der Waals surface area contributed by atoms with Gasteiger partial charge in [-0.2, -0.15) is 0 Å². The molecule has 0 aromatic carbocycles. The van der Waals surface area contributed by atoms with Gasteiger partial charge >= 0.3 is 0 Å². The zero-order valence-corrected chi connectivity index (χ0v) is 15.5. The van der Waals surface area contributed by atoms with Gasteiger partial charge in [0.1, 0.15) is 11.5 Å². The van der Waals surface area contributed by atoms with Crippen molar-refractivity contribution in [1.82, 2.24) is 30.0 Å². The van der Waals surface area contributed by atoms with E-state index in [9.17, 15) is 4.79 Å². The largest absolute Gasteiger partial charge is 0.352 e. The van der Waals surface area contributed by atoms with Crippen LogP contribution in [0.2, 0.25) is 0 Å². The SMILES string of the molecule is Cc1cccc(Nc2ccc(N3CCN(C(=O)c4cnccn4)CC3)nn2)n1. The molecule has 3 aromatic heterocycles. The second-order valence-electron chi connectivity index (χ2n) is 6.44. The lowest BCUT2D eigenvalue weighted by molar-refractivity contribution is 0.0740. The molecule has 4 heterocycles. The summed E-state index contributed by atoms with van der Waals surface area (Å²) in [6.07, 6.45) is 4.58. The van der Waals surface area contributed by atoms with Gasteiger partial charge in [0, 0.05) is 44.3 Å². The number of nitrogens with one attached hydrogen (secondary N) is 1. The fourth-order valence-corrected chi connectivity index (χ4v) is 3.01. The molecular weight excluding hydrogens is 356 g/mol. The molecule has 28 heavy (non-hydrogen) atoms. The maximum Gasteiger partial charge on any atom is 0.274 e. The molecule has 4 rings (SSSR count). The van der Waals surface area contributed by atoms with Crippen LogP contribution in [0, 0.1) is 6.92 Å². The fraction of sp³-hybridized carbons (Fsp3) is 0.263. The van der Waals surface area contributed by atoms with Crippen LogP contribution < -0.4 is 10.2 Å². The highest BCUT2D eigenvalue weighted by Crippen LogP contribution is 2.17. The van der Waals surface area contributed by atoms with E-state index in [4.69, 9.17) is 0 Å². The summed E-state index contributed by atoms with van der Waals surface area (Å²) in [4.78, 5) is 28.8. The maximum atomic E-state index is 12.4. The summed E-state index contributed by atoms with van der Waals surface area (Å²) in [5, 5.41) is 11.7. The standard InChI is InChI=1S/C19H20N8O/c1-14-3-2-4-16(22-14)23-17-5-6-18(25-24-17)26-9-11-27(12-10-26)19(28)15-13-20-7-8-21-15/h2-8,13H,9-12H2,1H3,(H,22,23,24). The number of amides is 1. The van der Waals surface area contributed by atoms with E-state index in [1.807, 2.05) is 37.3 Å². The van der Waals surface area contributed by atoms with Gasteiger partial charge in [0.05, 0.1) is 6.20 Å². The monoisotopic (exact) mass is 376 g/mol. The van der Waals surface area contributed by atoms with Crippen molar-refractivity contribution < 1.29 is 4.79 Å². The van der Waals surface area contributed by atoms with Crippen LogP contribution >= 0.6 is 0 Å². The molecule has 0 radical (unpaired) electrons. The molecular formula is C19H20N8O. The van der Waals surface area contributed by atoms with Crippen molar-refractivity contribution in [2.75, 3.05) is 36.4 Å². The van der Waals surface area contributed by atoms with Gasteiger partial charge in [0.15, 0.2) is 11.6 Å². The highest BCUT2D eigenvalue weighted by molar-refractivity contribution is 5.92. The zero-order chi connectivity index (χ0) is 19.3. The molecule has 9 nitrogen and oxygen atoms in total. The Hall–Kier alpha value is -3.62. The number of aryl methyl sites for hydroxylation is 1. The number of aromatic nitrogens is 5. The first-order valence-electron chi connectivity index (χ1n) is 9.04. The number of pyridine rings is 1. The van der Waals surface area contributed by atoms with Gasteiger partial charge in [-0.3, -0.25) is 9.78 Å². The van der Waals surface area contributed by atoms with Crippen LogP contribution in [-0.4, -0.2) is 62.1 Å². The molecule has 0 saturated carbocycles. The summed E-state index contributed by atoms with van der Waals surface area (Å²) in [5.41, 5.74) is 1.31. The smallest absolute Gasteiger partial charge is 0.274 e. The summed E-state index contributed by atoms with van der Waals surface area (Å²) in [5.74, 6) is 2.06. The number of anilines is 3. The van der Waals surface area contributed by atoms with E-state index < -0.39 is 0 Å². The Balaban J connectivity index is 1.35. The second-order valence-corrected chi connectivity index (χ2v) is 6.44. The summed E-state index contributed by atoms with van der Waals surface area (Å²) < 4.78 is 0. The lowest BCUT2D eigenvalue weighted by atomic mass is 10.2. The van der Waals surface area contributed by atoms with E-state index in [1.54, 1.807) is 11.1 Å². The van der Waals surface area contributed by atoms with E-state index in [0.29, 0.717) is 37.7 Å². The van der Waals surface area contributed by atoms with E-state index in [-0.39, 0.29) is 5.91 Å². The number of piperazine rings is 1. The van der Waals surface area contributed by atoms with Crippen LogP contribution in [0.3, 0.4) is 0 Å². The summed E-state index contributed by atoms with van der Waals surface area (Å²) in [6.45, 7) is 4.52. The third-order valence-electron chi connectivity index (χ3n) is 4.47. The molecule has 0 atom stereocenters. The van der Waals surface area contributed by atoms with E-state index >= 15 is 0 Å². The topological polar surface area (TPSA) is 100 Å². The molecule has 9 heteroatoms. The molecule has 0 aliphatic carbocycles. The third kappa shape index (κ3) is 4.03. The highest BCUT2D eigenvalue weighted by atomic mass is 16.2. The van der Waals surface area contributed by atoms with Crippen molar-refractivity contribution in [3.05, 3.63) is 60.3 Å². The Kier molecular flexibility index (Phi) is 5.05. The fourth-order valence-electron chi connectivity index (χ4n) is 3.01. The molecule has 1 saturated heterocycles.